The van der Waals surface area contributed by atoms with Gasteiger partial charge in [-0.05, 0) is 44.2 Å². The van der Waals surface area contributed by atoms with E-state index < -0.39 is 0 Å². The molecule has 6 heteroatoms. The molecule has 3 rings (SSSR count). The van der Waals surface area contributed by atoms with E-state index in [1.165, 1.54) is 0 Å². The fraction of sp³-hybridized carbons (Fsp3) is 0.526. The fourth-order valence-corrected chi connectivity index (χ4v) is 3.39. The second-order valence-electron chi connectivity index (χ2n) is 6.75. The number of benzene rings is 1. The first kappa shape index (κ1) is 17.9. The first-order chi connectivity index (χ1) is 12.1. The Hall–Kier alpha value is -1.92. The molecule has 1 aliphatic heterocycles. The molecule has 0 bridgehead atoms. The van der Waals surface area contributed by atoms with Crippen LogP contribution in [0.3, 0.4) is 0 Å². The number of rotatable bonds is 6. The first-order valence-electron chi connectivity index (χ1n) is 9.07. The molecule has 1 atom stereocenters. The lowest BCUT2D eigenvalue weighted by molar-refractivity contribution is 0.271. The molecule has 0 radical (unpaired) electrons. The van der Waals surface area contributed by atoms with Gasteiger partial charge in [-0.25, -0.2) is 4.39 Å². The maximum atomic E-state index is 13.9. The molecule has 1 saturated heterocycles. The number of nitrogens with zero attached hydrogens (tertiary/aromatic N) is 3. The third-order valence-electron chi connectivity index (χ3n) is 5.15. The molecule has 2 heterocycles. The first-order valence-corrected chi connectivity index (χ1v) is 9.07. The third-order valence-corrected chi connectivity index (χ3v) is 5.15. The highest BCUT2D eigenvalue weighted by atomic mass is 19.1. The lowest BCUT2D eigenvalue weighted by atomic mass is 10.0. The Balaban J connectivity index is 1.73. The number of hydrogen-bond acceptors (Lipinski definition) is 4. The number of aromatic nitrogens is 2. The number of likely N-dealkylation sites (N-methyl/N-ethyl adjacent to an activating group) is 1. The average Bonchev–Trinajstić information content (AvgIpc) is 3.04. The van der Waals surface area contributed by atoms with Crippen LogP contribution in [0.4, 0.5) is 10.1 Å². The van der Waals surface area contributed by atoms with Gasteiger partial charge in [0.2, 0.25) is 0 Å². The van der Waals surface area contributed by atoms with Gasteiger partial charge >= 0.3 is 0 Å². The van der Waals surface area contributed by atoms with Crippen LogP contribution in [-0.2, 0) is 6.54 Å². The SMILES string of the molecule is CCN1CCN(c2ccc(F)cc2[C@@H](C)NCc2cn[nH]c2C)CC1. The Bertz CT molecular complexity index is 691. The highest BCUT2D eigenvalue weighted by molar-refractivity contribution is 5.55. The number of H-pyrrole nitrogens is 1. The Kier molecular flexibility index (Phi) is 5.71. The van der Waals surface area contributed by atoms with Crippen LogP contribution in [0.1, 0.15) is 36.7 Å². The number of aromatic amines is 1. The van der Waals surface area contributed by atoms with Crippen LogP contribution in [0.25, 0.3) is 0 Å². The van der Waals surface area contributed by atoms with Crippen LogP contribution in [-0.4, -0.2) is 47.8 Å². The lowest BCUT2D eigenvalue weighted by Crippen LogP contribution is -2.46. The van der Waals surface area contributed by atoms with Crippen molar-refractivity contribution >= 4 is 5.69 Å². The number of anilines is 1. The van der Waals surface area contributed by atoms with E-state index in [4.69, 9.17) is 0 Å². The number of nitrogens with one attached hydrogen (secondary N) is 2. The second-order valence-corrected chi connectivity index (χ2v) is 6.75. The van der Waals surface area contributed by atoms with E-state index in [1.54, 1.807) is 12.1 Å². The minimum absolute atomic E-state index is 0.0594. The molecule has 0 unspecified atom stereocenters. The van der Waals surface area contributed by atoms with Gasteiger partial charge in [-0.2, -0.15) is 5.10 Å². The summed E-state index contributed by atoms with van der Waals surface area (Å²) in [6, 6.07) is 5.22. The predicted molar refractivity (Wildman–Crippen MR) is 99.3 cm³/mol. The number of piperazine rings is 1. The number of aryl methyl sites for hydroxylation is 1. The molecular weight excluding hydrogens is 317 g/mol. The highest BCUT2D eigenvalue weighted by Crippen LogP contribution is 2.28. The molecule has 0 amide bonds. The van der Waals surface area contributed by atoms with Crippen molar-refractivity contribution in [2.24, 2.45) is 0 Å². The molecule has 5 nitrogen and oxygen atoms in total. The summed E-state index contributed by atoms with van der Waals surface area (Å²) >= 11 is 0. The molecular formula is C19H28FN5. The summed E-state index contributed by atoms with van der Waals surface area (Å²) in [6.07, 6.45) is 1.84. The lowest BCUT2D eigenvalue weighted by Gasteiger charge is -2.37. The zero-order valence-electron chi connectivity index (χ0n) is 15.3. The molecule has 2 aromatic rings. The van der Waals surface area contributed by atoms with E-state index in [0.717, 1.165) is 55.2 Å². The van der Waals surface area contributed by atoms with Crippen molar-refractivity contribution in [3.63, 3.8) is 0 Å². The summed E-state index contributed by atoms with van der Waals surface area (Å²) in [4.78, 5) is 4.82. The van der Waals surface area contributed by atoms with Crippen molar-refractivity contribution in [2.45, 2.75) is 33.4 Å². The molecule has 1 aromatic carbocycles. The number of halogens is 1. The Labute approximate surface area is 149 Å². The van der Waals surface area contributed by atoms with Crippen LogP contribution in [0.15, 0.2) is 24.4 Å². The van der Waals surface area contributed by atoms with Gasteiger partial charge in [0.25, 0.3) is 0 Å². The van der Waals surface area contributed by atoms with Crippen LogP contribution in [0.5, 0.6) is 0 Å². The van der Waals surface area contributed by atoms with Crippen LogP contribution < -0.4 is 10.2 Å². The molecule has 1 aromatic heterocycles. The standard InChI is InChI=1S/C19H28FN5/c1-4-24-7-9-25(10-8-24)19-6-5-17(20)11-18(19)15(3)21-12-16-13-22-23-14(16)2/h5-6,11,13,15,21H,4,7-10,12H2,1-3H3,(H,22,23)/t15-/m1/s1. The maximum absolute atomic E-state index is 13.9. The van der Waals surface area contributed by atoms with Gasteiger partial charge in [0, 0.05) is 55.7 Å². The van der Waals surface area contributed by atoms with Crippen LogP contribution in [0.2, 0.25) is 0 Å². The highest BCUT2D eigenvalue weighted by Gasteiger charge is 2.21. The summed E-state index contributed by atoms with van der Waals surface area (Å²) in [5.74, 6) is -0.181. The van der Waals surface area contributed by atoms with E-state index in [-0.39, 0.29) is 11.9 Å². The average molecular weight is 345 g/mol. The molecule has 136 valence electrons. The minimum Gasteiger partial charge on any atom is -0.369 e. The normalized spacial score (nSPS) is 17.0. The molecule has 2 N–H and O–H groups in total. The van der Waals surface area contributed by atoms with Crippen molar-refractivity contribution in [2.75, 3.05) is 37.6 Å². The molecule has 0 spiro atoms. The van der Waals surface area contributed by atoms with Crippen LogP contribution in [0, 0.1) is 12.7 Å². The van der Waals surface area contributed by atoms with Gasteiger partial charge in [-0.1, -0.05) is 6.92 Å². The molecule has 25 heavy (non-hydrogen) atoms. The summed E-state index contributed by atoms with van der Waals surface area (Å²) in [6.45, 7) is 12.2. The van der Waals surface area contributed by atoms with Gasteiger partial charge < -0.3 is 15.1 Å². The van der Waals surface area contributed by atoms with E-state index in [2.05, 4.69) is 39.2 Å². The summed E-state index contributed by atoms with van der Waals surface area (Å²) in [5.41, 5.74) is 4.36. The topological polar surface area (TPSA) is 47.2 Å². The van der Waals surface area contributed by atoms with Crippen molar-refractivity contribution < 1.29 is 4.39 Å². The van der Waals surface area contributed by atoms with E-state index in [1.807, 2.05) is 19.2 Å². The maximum Gasteiger partial charge on any atom is 0.123 e. The molecule has 1 aliphatic rings. The molecule has 0 aliphatic carbocycles. The summed E-state index contributed by atoms with van der Waals surface area (Å²) in [7, 11) is 0. The Morgan fingerprint density at radius 1 is 1.28 bits per heavy atom. The van der Waals surface area contributed by atoms with Crippen LogP contribution >= 0.6 is 0 Å². The largest absolute Gasteiger partial charge is 0.369 e. The van der Waals surface area contributed by atoms with Gasteiger partial charge in [-0.15, -0.1) is 0 Å². The van der Waals surface area contributed by atoms with Crippen molar-refractivity contribution in [3.8, 4) is 0 Å². The summed E-state index contributed by atoms with van der Waals surface area (Å²) in [5, 5.41) is 10.5. The van der Waals surface area contributed by atoms with Gasteiger partial charge in [0.05, 0.1) is 6.20 Å². The zero-order chi connectivity index (χ0) is 17.8. The zero-order valence-corrected chi connectivity index (χ0v) is 15.3. The second kappa shape index (κ2) is 7.97. The summed E-state index contributed by atoms with van der Waals surface area (Å²) < 4.78 is 13.9. The smallest absolute Gasteiger partial charge is 0.123 e. The molecule has 1 fully saturated rings. The van der Waals surface area contributed by atoms with Gasteiger partial charge in [-0.3, -0.25) is 5.10 Å². The predicted octanol–water partition coefficient (Wildman–Crippen LogP) is 2.85. The quantitative estimate of drug-likeness (QED) is 0.845. The molecule has 0 saturated carbocycles. The Morgan fingerprint density at radius 3 is 2.68 bits per heavy atom. The van der Waals surface area contributed by atoms with Gasteiger partial charge in [0.1, 0.15) is 5.82 Å². The number of hydrogen-bond donors (Lipinski definition) is 2. The van der Waals surface area contributed by atoms with Crippen molar-refractivity contribution in [1.29, 1.82) is 0 Å². The Morgan fingerprint density at radius 2 is 2.04 bits per heavy atom. The van der Waals surface area contributed by atoms with E-state index in [9.17, 15) is 4.39 Å². The fourth-order valence-electron chi connectivity index (χ4n) is 3.39. The monoisotopic (exact) mass is 345 g/mol. The van der Waals surface area contributed by atoms with Gasteiger partial charge in [0.15, 0.2) is 0 Å². The third kappa shape index (κ3) is 4.19. The van der Waals surface area contributed by atoms with Crippen molar-refractivity contribution in [3.05, 3.63) is 47.0 Å². The van der Waals surface area contributed by atoms with E-state index >= 15 is 0 Å². The minimum atomic E-state index is -0.181. The van der Waals surface area contributed by atoms with Crippen molar-refractivity contribution in [1.82, 2.24) is 20.4 Å². The van der Waals surface area contributed by atoms with E-state index in [0.29, 0.717) is 6.54 Å².